The van der Waals surface area contributed by atoms with Crippen LogP contribution in [0.3, 0.4) is 0 Å². The van der Waals surface area contributed by atoms with Crippen LogP contribution in [-0.2, 0) is 6.42 Å². The maximum Gasteiger partial charge on any atom is 0.117 e. The van der Waals surface area contributed by atoms with E-state index in [1.165, 1.54) is 24.0 Å². The first-order chi connectivity index (χ1) is 9.95. The summed E-state index contributed by atoms with van der Waals surface area (Å²) in [5.41, 5.74) is 6.18. The van der Waals surface area contributed by atoms with Gasteiger partial charge in [0, 0.05) is 0 Å². The molecular weight excluding hydrogens is 268 g/mol. The molecule has 1 aromatic rings. The largest absolute Gasteiger partial charge is 0.117 e. The van der Waals surface area contributed by atoms with Gasteiger partial charge in [0.05, 0.1) is 0 Å². The highest BCUT2D eigenvalue weighted by Crippen LogP contribution is 2.35. The fraction of sp³-hybridized carbons (Fsp3) is 0.500. The zero-order valence-corrected chi connectivity index (χ0v) is 15.4. The van der Waals surface area contributed by atoms with E-state index >= 15 is 0 Å². The number of hydrogen-bond donors (Lipinski definition) is 0. The molecule has 2 atom stereocenters. The van der Waals surface area contributed by atoms with Crippen molar-refractivity contribution in [2.24, 2.45) is 11.8 Å². The molecule has 0 nitrogen and oxygen atoms in total. The average molecular weight is 297 g/mol. The molecule has 2 unspecified atom stereocenters. The van der Waals surface area contributed by atoms with Crippen molar-refractivity contribution in [1.82, 2.24) is 0 Å². The lowest BCUT2D eigenvalue weighted by Crippen LogP contribution is -2.24. The second kappa shape index (κ2) is 6.78. The summed E-state index contributed by atoms with van der Waals surface area (Å²) in [4.78, 5) is 0. The van der Waals surface area contributed by atoms with E-state index in [0.717, 1.165) is 15.4 Å². The first-order valence-corrected chi connectivity index (χ1v) is 9.19. The first kappa shape index (κ1) is 16.3. The summed E-state index contributed by atoms with van der Waals surface area (Å²) >= 11 is 0. The van der Waals surface area contributed by atoms with Gasteiger partial charge in [0.15, 0.2) is 0 Å². The van der Waals surface area contributed by atoms with Gasteiger partial charge in [-0.2, -0.15) is 0 Å². The standard InChI is InChI=1S/C20H28Si/c1-7-13(2)12-18-10-8-9-11-19(18)21-20-16(5)14(3)15(4)17(20)6/h8-11,13,16H,7,12H2,1-6H3. The molecule has 2 rings (SSSR count). The number of allylic oxidation sites excluding steroid dienone is 4. The summed E-state index contributed by atoms with van der Waals surface area (Å²) < 4.78 is 0. The Hall–Kier alpha value is -1.08. The molecule has 0 fully saturated rings. The van der Waals surface area contributed by atoms with Crippen molar-refractivity contribution in [1.29, 1.82) is 0 Å². The maximum atomic E-state index is 2.37. The zero-order chi connectivity index (χ0) is 15.6. The molecule has 0 spiro atoms. The van der Waals surface area contributed by atoms with E-state index in [4.69, 9.17) is 0 Å². The Balaban J connectivity index is 2.26. The zero-order valence-electron chi connectivity index (χ0n) is 14.4. The molecule has 21 heavy (non-hydrogen) atoms. The molecule has 1 heteroatoms. The topological polar surface area (TPSA) is 0 Å². The number of hydrogen-bond acceptors (Lipinski definition) is 0. The van der Waals surface area contributed by atoms with Crippen LogP contribution in [0.1, 0.15) is 53.5 Å². The quantitative estimate of drug-likeness (QED) is 0.680. The molecule has 0 saturated heterocycles. The lowest BCUT2D eigenvalue weighted by atomic mass is 9.99. The summed E-state index contributed by atoms with van der Waals surface area (Å²) in [6.07, 6.45) is 2.47. The summed E-state index contributed by atoms with van der Waals surface area (Å²) in [6.45, 7) is 13.9. The second-order valence-corrected chi connectivity index (χ2v) is 7.90. The molecule has 0 aliphatic heterocycles. The van der Waals surface area contributed by atoms with Gasteiger partial charge in [0.2, 0.25) is 0 Å². The van der Waals surface area contributed by atoms with E-state index in [2.05, 4.69) is 65.8 Å². The van der Waals surface area contributed by atoms with Gasteiger partial charge in [-0.25, -0.2) is 0 Å². The Bertz CT molecular complexity index is 577. The Morgan fingerprint density at radius 2 is 1.76 bits per heavy atom. The molecule has 0 amide bonds. The van der Waals surface area contributed by atoms with Crippen molar-refractivity contribution in [3.63, 3.8) is 0 Å². The van der Waals surface area contributed by atoms with Crippen molar-refractivity contribution in [3.05, 3.63) is 51.7 Å². The van der Waals surface area contributed by atoms with Crippen LogP contribution in [0.25, 0.3) is 0 Å². The Morgan fingerprint density at radius 3 is 2.33 bits per heavy atom. The van der Waals surface area contributed by atoms with Crippen LogP contribution in [0.2, 0.25) is 0 Å². The minimum Gasteiger partial charge on any atom is -0.0695 e. The minimum atomic E-state index is 0.625. The van der Waals surface area contributed by atoms with Crippen molar-refractivity contribution in [2.75, 3.05) is 0 Å². The van der Waals surface area contributed by atoms with Gasteiger partial charge in [0.25, 0.3) is 0 Å². The van der Waals surface area contributed by atoms with Crippen molar-refractivity contribution >= 4 is 14.7 Å². The van der Waals surface area contributed by atoms with Gasteiger partial charge >= 0.3 is 0 Å². The third kappa shape index (κ3) is 3.40. The van der Waals surface area contributed by atoms with Crippen LogP contribution in [0.15, 0.2) is 46.2 Å². The Labute approximate surface area is 133 Å². The smallest absolute Gasteiger partial charge is 0.0695 e. The molecule has 0 bridgehead atoms. The number of rotatable bonds is 5. The molecule has 2 radical (unpaired) electrons. The third-order valence-corrected chi connectivity index (χ3v) is 7.03. The summed E-state index contributed by atoms with van der Waals surface area (Å²) in [5.74, 6) is 1.40. The third-order valence-electron chi connectivity index (χ3n) is 5.19. The molecule has 0 aromatic heterocycles. The van der Waals surface area contributed by atoms with E-state index in [0.29, 0.717) is 5.92 Å². The lowest BCUT2D eigenvalue weighted by Gasteiger charge is -2.16. The van der Waals surface area contributed by atoms with E-state index in [1.54, 1.807) is 21.5 Å². The van der Waals surface area contributed by atoms with Crippen LogP contribution in [0.4, 0.5) is 0 Å². The molecule has 0 saturated carbocycles. The average Bonchev–Trinajstić information content (AvgIpc) is 2.66. The molecule has 0 heterocycles. The van der Waals surface area contributed by atoms with E-state index in [-0.39, 0.29) is 0 Å². The minimum absolute atomic E-state index is 0.625. The van der Waals surface area contributed by atoms with Gasteiger partial charge < -0.3 is 0 Å². The lowest BCUT2D eigenvalue weighted by molar-refractivity contribution is 0.561. The van der Waals surface area contributed by atoms with Crippen LogP contribution < -0.4 is 5.19 Å². The summed E-state index contributed by atoms with van der Waals surface area (Å²) in [6, 6.07) is 9.06. The normalized spacial score (nSPS) is 20.4. The fourth-order valence-corrected chi connectivity index (χ4v) is 4.67. The fourth-order valence-electron chi connectivity index (χ4n) is 3.05. The maximum absolute atomic E-state index is 2.37. The molecule has 1 aliphatic rings. The van der Waals surface area contributed by atoms with Crippen LogP contribution in [0, 0.1) is 11.8 Å². The van der Waals surface area contributed by atoms with Gasteiger partial charge in [-0.3, -0.25) is 0 Å². The van der Waals surface area contributed by atoms with Gasteiger partial charge in [-0.1, -0.05) is 73.0 Å². The van der Waals surface area contributed by atoms with E-state index in [9.17, 15) is 0 Å². The molecule has 0 N–H and O–H groups in total. The van der Waals surface area contributed by atoms with Crippen LogP contribution in [-0.4, -0.2) is 9.52 Å². The SMILES string of the molecule is CCC(C)Cc1ccccc1[Si]C1=C(C)C(C)=C(C)C1C. The van der Waals surface area contributed by atoms with Crippen molar-refractivity contribution in [2.45, 2.75) is 54.4 Å². The Kier molecular flexibility index (Phi) is 5.26. The van der Waals surface area contributed by atoms with Crippen molar-refractivity contribution < 1.29 is 0 Å². The highest BCUT2D eigenvalue weighted by molar-refractivity contribution is 6.62. The van der Waals surface area contributed by atoms with Crippen LogP contribution >= 0.6 is 0 Å². The molecule has 1 aliphatic carbocycles. The monoisotopic (exact) mass is 296 g/mol. The molecule has 1 aromatic carbocycles. The Morgan fingerprint density at radius 1 is 1.10 bits per heavy atom. The highest BCUT2D eigenvalue weighted by atomic mass is 28.2. The van der Waals surface area contributed by atoms with Gasteiger partial charge in [0.1, 0.15) is 9.52 Å². The van der Waals surface area contributed by atoms with E-state index in [1.807, 2.05) is 0 Å². The highest BCUT2D eigenvalue weighted by Gasteiger charge is 2.24. The second-order valence-electron chi connectivity index (χ2n) is 6.57. The predicted molar refractivity (Wildman–Crippen MR) is 95.2 cm³/mol. The van der Waals surface area contributed by atoms with Gasteiger partial charge in [-0.05, 0) is 50.2 Å². The first-order valence-electron chi connectivity index (χ1n) is 8.19. The van der Waals surface area contributed by atoms with Crippen molar-refractivity contribution in [3.8, 4) is 0 Å². The van der Waals surface area contributed by atoms with Crippen LogP contribution in [0.5, 0.6) is 0 Å². The molecule has 112 valence electrons. The number of benzene rings is 1. The summed E-state index contributed by atoms with van der Waals surface area (Å²) in [7, 11) is 0.828. The van der Waals surface area contributed by atoms with Gasteiger partial charge in [-0.15, -0.1) is 0 Å². The van der Waals surface area contributed by atoms with E-state index < -0.39 is 0 Å². The predicted octanol–water partition coefficient (Wildman–Crippen LogP) is 4.86. The summed E-state index contributed by atoms with van der Waals surface area (Å²) in [5, 5.41) is 3.21. The molecular formula is C20H28Si.